The zero-order valence-corrected chi connectivity index (χ0v) is 14.4. The van der Waals surface area contributed by atoms with Crippen molar-refractivity contribution >= 4 is 29.1 Å². The third kappa shape index (κ3) is 3.15. The number of hydrogen-bond acceptors (Lipinski definition) is 5. The van der Waals surface area contributed by atoms with Crippen LogP contribution in [-0.4, -0.2) is 63.4 Å². The van der Waals surface area contributed by atoms with Crippen LogP contribution in [0.1, 0.15) is 43.1 Å². The van der Waals surface area contributed by atoms with E-state index in [4.69, 9.17) is 0 Å². The van der Waals surface area contributed by atoms with Gasteiger partial charge in [0.05, 0.1) is 5.51 Å². The van der Waals surface area contributed by atoms with Crippen LogP contribution >= 0.6 is 11.3 Å². The molecule has 2 fully saturated rings. The number of aromatic nitrogens is 1. The number of piperidine rings is 2. The van der Waals surface area contributed by atoms with Gasteiger partial charge in [0.15, 0.2) is 0 Å². The van der Waals surface area contributed by atoms with Crippen molar-refractivity contribution in [2.75, 3.05) is 19.6 Å². The highest BCUT2D eigenvalue weighted by molar-refractivity contribution is 7.07. The van der Waals surface area contributed by atoms with Gasteiger partial charge in [-0.25, -0.2) is 9.78 Å². The van der Waals surface area contributed by atoms with E-state index in [1.54, 1.807) is 17.8 Å². The van der Waals surface area contributed by atoms with E-state index in [0.29, 0.717) is 31.7 Å². The summed E-state index contributed by atoms with van der Waals surface area (Å²) in [4.78, 5) is 43.1. The first-order chi connectivity index (χ1) is 11.4. The van der Waals surface area contributed by atoms with Crippen LogP contribution < -0.4 is 0 Å². The van der Waals surface area contributed by atoms with E-state index in [2.05, 4.69) is 4.98 Å². The molecule has 0 aliphatic carbocycles. The van der Waals surface area contributed by atoms with E-state index in [1.165, 1.54) is 16.2 Å². The normalized spacial score (nSPS) is 21.8. The minimum absolute atomic E-state index is 0.0475. The number of amides is 2. The second-order valence-electron chi connectivity index (χ2n) is 6.70. The Labute approximate surface area is 144 Å². The van der Waals surface area contributed by atoms with Crippen molar-refractivity contribution in [1.29, 1.82) is 0 Å². The minimum atomic E-state index is -0.975. The van der Waals surface area contributed by atoms with Crippen molar-refractivity contribution in [2.45, 2.75) is 38.6 Å². The quantitative estimate of drug-likeness (QED) is 0.890. The van der Waals surface area contributed by atoms with Gasteiger partial charge in [0.1, 0.15) is 11.7 Å². The first kappa shape index (κ1) is 16.9. The van der Waals surface area contributed by atoms with Gasteiger partial charge in [-0.3, -0.25) is 9.59 Å². The van der Waals surface area contributed by atoms with E-state index >= 15 is 0 Å². The van der Waals surface area contributed by atoms with Crippen LogP contribution in [0.2, 0.25) is 0 Å². The van der Waals surface area contributed by atoms with Gasteiger partial charge >= 0.3 is 5.97 Å². The van der Waals surface area contributed by atoms with Crippen molar-refractivity contribution in [1.82, 2.24) is 14.8 Å². The maximum absolute atomic E-state index is 12.4. The summed E-state index contributed by atoms with van der Waals surface area (Å²) in [6, 6.07) is -0.802. The van der Waals surface area contributed by atoms with Gasteiger partial charge in [-0.2, -0.15) is 0 Å². The molecular weight excluding hydrogens is 330 g/mol. The van der Waals surface area contributed by atoms with Crippen LogP contribution in [-0.2, 0) is 9.59 Å². The summed E-state index contributed by atoms with van der Waals surface area (Å²) in [5, 5.41) is 11.0. The molecule has 8 heteroatoms. The molecule has 2 saturated heterocycles. The number of carbonyl (C=O) groups is 3. The molecule has 3 rings (SSSR count). The molecule has 2 aliphatic heterocycles. The molecule has 0 bridgehead atoms. The summed E-state index contributed by atoms with van der Waals surface area (Å²) < 4.78 is 0. The SMILES string of the molecule is C[C@@H](C(=O)O)N1CC2(CCC1=O)CCN(C(=O)c1cscn1)CC2. The lowest BCUT2D eigenvalue weighted by molar-refractivity contribution is -0.154. The number of carboxylic acids is 1. The molecule has 1 aromatic rings. The van der Waals surface area contributed by atoms with Crippen molar-refractivity contribution < 1.29 is 19.5 Å². The number of rotatable bonds is 3. The first-order valence-corrected chi connectivity index (χ1v) is 9.06. The maximum atomic E-state index is 12.4. The van der Waals surface area contributed by atoms with Gasteiger partial charge in [-0.15, -0.1) is 11.3 Å². The Kier molecular flexibility index (Phi) is 4.58. The van der Waals surface area contributed by atoms with Gasteiger partial charge in [-0.05, 0) is 31.6 Å². The second kappa shape index (κ2) is 6.51. The fourth-order valence-corrected chi connectivity index (χ4v) is 4.13. The zero-order valence-electron chi connectivity index (χ0n) is 13.6. The number of carbonyl (C=O) groups excluding carboxylic acids is 2. The fraction of sp³-hybridized carbons (Fsp3) is 0.625. The third-order valence-electron chi connectivity index (χ3n) is 5.28. The Hall–Kier alpha value is -1.96. The summed E-state index contributed by atoms with van der Waals surface area (Å²) >= 11 is 1.40. The standard InChI is InChI=1S/C16H21N3O4S/c1-11(15(22)23)19-9-16(3-2-13(19)20)4-6-18(7-5-16)14(21)12-8-24-10-17-12/h8,10-11H,2-7,9H2,1H3,(H,22,23)/t11-/m0/s1. The van der Waals surface area contributed by atoms with Gasteiger partial charge < -0.3 is 14.9 Å². The molecule has 1 aromatic heterocycles. The number of hydrogen-bond donors (Lipinski definition) is 1. The van der Waals surface area contributed by atoms with Crippen LogP contribution in [0.4, 0.5) is 0 Å². The average molecular weight is 351 g/mol. The predicted molar refractivity (Wildman–Crippen MR) is 87.7 cm³/mol. The number of nitrogens with zero attached hydrogens (tertiary/aromatic N) is 3. The van der Waals surface area contributed by atoms with E-state index in [0.717, 1.165) is 19.3 Å². The second-order valence-corrected chi connectivity index (χ2v) is 7.42. The number of likely N-dealkylation sites (tertiary alicyclic amines) is 2. The van der Waals surface area contributed by atoms with Crippen molar-refractivity contribution in [2.24, 2.45) is 5.41 Å². The molecule has 0 radical (unpaired) electrons. The van der Waals surface area contributed by atoms with Crippen LogP contribution in [0.25, 0.3) is 0 Å². The summed E-state index contributed by atoms with van der Waals surface area (Å²) in [6.07, 6.45) is 2.74. The molecule has 2 amide bonds. The van der Waals surface area contributed by atoms with Gasteiger partial charge in [0.2, 0.25) is 5.91 Å². The zero-order chi connectivity index (χ0) is 17.3. The van der Waals surface area contributed by atoms with Gasteiger partial charge in [-0.1, -0.05) is 0 Å². The van der Waals surface area contributed by atoms with Crippen LogP contribution in [0, 0.1) is 5.41 Å². The largest absolute Gasteiger partial charge is 0.480 e. The molecule has 2 aliphatic rings. The smallest absolute Gasteiger partial charge is 0.326 e. The first-order valence-electron chi connectivity index (χ1n) is 8.12. The fourth-order valence-electron chi connectivity index (χ4n) is 3.60. The maximum Gasteiger partial charge on any atom is 0.326 e. The molecule has 0 aromatic carbocycles. The van der Waals surface area contributed by atoms with E-state index in [1.807, 2.05) is 4.90 Å². The van der Waals surface area contributed by atoms with Crippen molar-refractivity contribution in [3.05, 3.63) is 16.6 Å². The van der Waals surface area contributed by atoms with E-state index in [-0.39, 0.29) is 17.2 Å². The van der Waals surface area contributed by atoms with Crippen molar-refractivity contribution in [3.8, 4) is 0 Å². The number of thiazole rings is 1. The number of carboxylic acid groups (broad SMARTS) is 1. The topological polar surface area (TPSA) is 90.8 Å². The van der Waals surface area contributed by atoms with Gasteiger partial charge in [0, 0.05) is 31.4 Å². The Morgan fingerprint density at radius 1 is 1.33 bits per heavy atom. The molecule has 0 unspecified atom stereocenters. The lowest BCUT2D eigenvalue weighted by atomic mass is 9.72. The summed E-state index contributed by atoms with van der Waals surface area (Å²) in [7, 11) is 0. The molecule has 1 atom stereocenters. The monoisotopic (exact) mass is 351 g/mol. The summed E-state index contributed by atoms with van der Waals surface area (Å²) in [5.41, 5.74) is 2.06. The van der Waals surface area contributed by atoms with Crippen LogP contribution in [0.3, 0.4) is 0 Å². The summed E-state index contributed by atoms with van der Waals surface area (Å²) in [6.45, 7) is 3.28. The highest BCUT2D eigenvalue weighted by Gasteiger charge is 2.44. The Morgan fingerprint density at radius 2 is 2.04 bits per heavy atom. The summed E-state index contributed by atoms with van der Waals surface area (Å²) in [5.74, 6) is -1.11. The lowest BCUT2D eigenvalue weighted by Crippen LogP contribution is -2.55. The Balaban J connectivity index is 1.65. The molecule has 24 heavy (non-hydrogen) atoms. The molecule has 0 saturated carbocycles. The van der Waals surface area contributed by atoms with E-state index in [9.17, 15) is 19.5 Å². The average Bonchev–Trinajstić information content (AvgIpc) is 3.11. The highest BCUT2D eigenvalue weighted by Crippen LogP contribution is 2.41. The minimum Gasteiger partial charge on any atom is -0.480 e. The molecule has 7 nitrogen and oxygen atoms in total. The molecular formula is C16H21N3O4S. The predicted octanol–water partition coefficient (Wildman–Crippen LogP) is 1.46. The van der Waals surface area contributed by atoms with Crippen molar-refractivity contribution in [3.63, 3.8) is 0 Å². The van der Waals surface area contributed by atoms with Crippen LogP contribution in [0.5, 0.6) is 0 Å². The number of aliphatic carboxylic acids is 1. The van der Waals surface area contributed by atoms with Crippen LogP contribution in [0.15, 0.2) is 10.9 Å². The molecule has 1 spiro atoms. The Morgan fingerprint density at radius 3 is 2.62 bits per heavy atom. The molecule has 3 heterocycles. The Bertz CT molecular complexity index is 638. The highest BCUT2D eigenvalue weighted by atomic mass is 32.1. The molecule has 130 valence electrons. The molecule has 1 N–H and O–H groups in total. The lowest BCUT2D eigenvalue weighted by Gasteiger charge is -2.48. The van der Waals surface area contributed by atoms with E-state index < -0.39 is 12.0 Å². The third-order valence-corrected chi connectivity index (χ3v) is 5.87. The van der Waals surface area contributed by atoms with Gasteiger partial charge in [0.25, 0.3) is 5.91 Å².